The van der Waals surface area contributed by atoms with E-state index >= 15 is 0 Å². The molecule has 126 valence electrons. The Morgan fingerprint density at radius 1 is 1.24 bits per heavy atom. The lowest BCUT2D eigenvalue weighted by molar-refractivity contribution is 0.306. The van der Waals surface area contributed by atoms with Gasteiger partial charge in [-0.3, -0.25) is 0 Å². The van der Waals surface area contributed by atoms with E-state index in [-0.39, 0.29) is 5.82 Å². The number of anilines is 1. The van der Waals surface area contributed by atoms with Crippen LogP contribution >= 0.6 is 0 Å². The third-order valence-electron chi connectivity index (χ3n) is 4.21. The van der Waals surface area contributed by atoms with Crippen molar-refractivity contribution in [3.8, 4) is 5.82 Å². The topological polar surface area (TPSA) is 120 Å². The Morgan fingerprint density at radius 3 is 2.88 bits per heavy atom. The average Bonchev–Trinajstić information content (AvgIpc) is 3.31. The van der Waals surface area contributed by atoms with Gasteiger partial charge in [-0.2, -0.15) is 14.9 Å². The third-order valence-corrected chi connectivity index (χ3v) is 4.21. The van der Waals surface area contributed by atoms with Crippen molar-refractivity contribution < 1.29 is 4.63 Å². The smallest absolute Gasteiger partial charge is 0.243 e. The summed E-state index contributed by atoms with van der Waals surface area (Å²) in [6.45, 7) is 3.69. The van der Waals surface area contributed by atoms with Crippen LogP contribution in [0.5, 0.6) is 0 Å². The highest BCUT2D eigenvalue weighted by atomic mass is 16.6. The molecule has 0 unspecified atom stereocenters. The number of aromatic nitrogens is 5. The first kappa shape index (κ1) is 15.2. The standard InChI is InChI=1S/C16H16N8O/c1-9(18-19-13-8-7-11-5-3-4-6-12(11)13)14-10(2)24(23-20-14)16-15(17)21-25-22-16/h3-6H,7-8H2,1-2H3,(H2,17,21)/b18-9-,19-13-. The highest BCUT2D eigenvalue weighted by Crippen LogP contribution is 2.22. The van der Waals surface area contributed by atoms with Crippen LogP contribution in [0.2, 0.25) is 0 Å². The molecule has 0 amide bonds. The largest absolute Gasteiger partial charge is 0.378 e. The number of hydrogen-bond acceptors (Lipinski definition) is 8. The number of nitrogens with two attached hydrogens (primary N) is 1. The molecular formula is C16H16N8O. The quantitative estimate of drug-likeness (QED) is 0.574. The van der Waals surface area contributed by atoms with Crippen LogP contribution < -0.4 is 5.73 Å². The van der Waals surface area contributed by atoms with E-state index in [9.17, 15) is 0 Å². The molecule has 0 radical (unpaired) electrons. The molecule has 0 saturated carbocycles. The summed E-state index contributed by atoms with van der Waals surface area (Å²) in [6.07, 6.45) is 1.89. The first-order chi connectivity index (χ1) is 12.1. The minimum atomic E-state index is 0.150. The minimum Gasteiger partial charge on any atom is -0.378 e. The summed E-state index contributed by atoms with van der Waals surface area (Å²) in [7, 11) is 0. The van der Waals surface area contributed by atoms with E-state index in [1.807, 2.05) is 26.0 Å². The van der Waals surface area contributed by atoms with Crippen LogP contribution in [0.4, 0.5) is 5.82 Å². The first-order valence-corrected chi connectivity index (χ1v) is 7.85. The normalized spacial score (nSPS) is 15.8. The SMILES string of the molecule is C/C(=N/N=C1/CCc2ccccc21)c1nnn(-c2nonc2N)c1C. The average molecular weight is 336 g/mol. The fraction of sp³-hybridized carbons (Fsp3) is 0.250. The molecule has 2 heterocycles. The summed E-state index contributed by atoms with van der Waals surface area (Å²) in [4.78, 5) is 0. The van der Waals surface area contributed by atoms with Gasteiger partial charge in [0, 0.05) is 5.56 Å². The van der Waals surface area contributed by atoms with Gasteiger partial charge >= 0.3 is 0 Å². The molecule has 0 atom stereocenters. The van der Waals surface area contributed by atoms with E-state index in [4.69, 9.17) is 5.73 Å². The van der Waals surface area contributed by atoms with Crippen molar-refractivity contribution in [1.29, 1.82) is 0 Å². The minimum absolute atomic E-state index is 0.150. The lowest BCUT2D eigenvalue weighted by Crippen LogP contribution is -2.04. The van der Waals surface area contributed by atoms with Crippen molar-refractivity contribution in [1.82, 2.24) is 25.3 Å². The number of nitrogen functional groups attached to an aromatic ring is 1. The van der Waals surface area contributed by atoms with Gasteiger partial charge in [0.05, 0.1) is 17.1 Å². The maximum absolute atomic E-state index is 5.71. The van der Waals surface area contributed by atoms with E-state index in [1.54, 1.807) is 0 Å². The Kier molecular flexibility index (Phi) is 3.60. The Hall–Kier alpha value is -3.36. The van der Waals surface area contributed by atoms with E-state index < -0.39 is 0 Å². The molecule has 25 heavy (non-hydrogen) atoms. The molecule has 9 heteroatoms. The lowest BCUT2D eigenvalue weighted by atomic mass is 10.1. The third kappa shape index (κ3) is 2.59. The Labute approximate surface area is 143 Å². The van der Waals surface area contributed by atoms with Gasteiger partial charge in [-0.15, -0.1) is 5.10 Å². The van der Waals surface area contributed by atoms with Crippen molar-refractivity contribution in [2.24, 2.45) is 10.2 Å². The van der Waals surface area contributed by atoms with Crippen LogP contribution in [0.15, 0.2) is 39.1 Å². The first-order valence-electron chi connectivity index (χ1n) is 7.85. The molecule has 2 aromatic heterocycles. The van der Waals surface area contributed by atoms with Gasteiger partial charge in [-0.05, 0) is 42.6 Å². The van der Waals surface area contributed by atoms with Gasteiger partial charge in [0.2, 0.25) is 11.6 Å². The molecule has 0 spiro atoms. The van der Waals surface area contributed by atoms with Crippen molar-refractivity contribution in [3.63, 3.8) is 0 Å². The molecule has 2 N–H and O–H groups in total. The molecule has 4 rings (SSSR count). The van der Waals surface area contributed by atoms with Crippen molar-refractivity contribution in [2.45, 2.75) is 26.7 Å². The summed E-state index contributed by atoms with van der Waals surface area (Å²) in [5, 5.41) is 24.3. The number of fused-ring (bicyclic) bond motifs is 1. The fourth-order valence-corrected chi connectivity index (χ4v) is 2.90. The monoisotopic (exact) mass is 336 g/mol. The van der Waals surface area contributed by atoms with Crippen LogP contribution in [-0.2, 0) is 6.42 Å². The van der Waals surface area contributed by atoms with Gasteiger partial charge in [0.25, 0.3) is 0 Å². The fourth-order valence-electron chi connectivity index (χ4n) is 2.90. The number of benzene rings is 1. The Balaban J connectivity index is 1.65. The summed E-state index contributed by atoms with van der Waals surface area (Å²) in [6, 6.07) is 8.26. The van der Waals surface area contributed by atoms with Crippen LogP contribution in [0, 0.1) is 6.92 Å². The van der Waals surface area contributed by atoms with Crippen LogP contribution in [0.25, 0.3) is 5.82 Å². The second-order valence-electron chi connectivity index (χ2n) is 5.80. The van der Waals surface area contributed by atoms with Crippen molar-refractivity contribution in [3.05, 3.63) is 46.8 Å². The molecule has 1 aromatic carbocycles. The summed E-state index contributed by atoms with van der Waals surface area (Å²) < 4.78 is 6.08. The van der Waals surface area contributed by atoms with Crippen LogP contribution in [-0.4, -0.2) is 36.7 Å². The van der Waals surface area contributed by atoms with Gasteiger partial charge in [-0.1, -0.05) is 29.5 Å². The second-order valence-corrected chi connectivity index (χ2v) is 5.80. The number of aryl methyl sites for hydroxylation is 1. The lowest BCUT2D eigenvalue weighted by Gasteiger charge is -1.99. The maximum atomic E-state index is 5.71. The van der Waals surface area contributed by atoms with E-state index in [2.05, 4.69) is 47.6 Å². The molecule has 9 nitrogen and oxygen atoms in total. The molecule has 1 aliphatic rings. The summed E-state index contributed by atoms with van der Waals surface area (Å²) >= 11 is 0. The highest BCUT2D eigenvalue weighted by Gasteiger charge is 2.19. The van der Waals surface area contributed by atoms with E-state index in [1.165, 1.54) is 15.8 Å². The number of rotatable bonds is 3. The van der Waals surface area contributed by atoms with Crippen LogP contribution in [0.3, 0.4) is 0 Å². The van der Waals surface area contributed by atoms with Gasteiger partial charge < -0.3 is 5.73 Å². The van der Waals surface area contributed by atoms with E-state index in [0.29, 0.717) is 17.2 Å². The van der Waals surface area contributed by atoms with Gasteiger partial charge in [0.1, 0.15) is 5.69 Å². The molecule has 1 aliphatic carbocycles. The molecule has 0 fully saturated rings. The molecule has 0 saturated heterocycles. The predicted molar refractivity (Wildman–Crippen MR) is 91.9 cm³/mol. The maximum Gasteiger partial charge on any atom is 0.243 e. The zero-order chi connectivity index (χ0) is 17.4. The molecule has 0 aliphatic heterocycles. The summed E-state index contributed by atoms with van der Waals surface area (Å²) in [5.74, 6) is 0.456. The van der Waals surface area contributed by atoms with E-state index in [0.717, 1.165) is 24.2 Å². The van der Waals surface area contributed by atoms with Gasteiger partial charge in [-0.25, -0.2) is 4.63 Å². The predicted octanol–water partition coefficient (Wildman–Crippen LogP) is 1.70. The zero-order valence-corrected chi connectivity index (χ0v) is 13.8. The van der Waals surface area contributed by atoms with Crippen molar-refractivity contribution >= 4 is 17.2 Å². The Bertz CT molecular complexity index is 997. The Morgan fingerprint density at radius 2 is 2.08 bits per heavy atom. The molecular weight excluding hydrogens is 320 g/mol. The number of nitrogens with zero attached hydrogens (tertiary/aromatic N) is 7. The van der Waals surface area contributed by atoms with Gasteiger partial charge in [0.15, 0.2) is 0 Å². The van der Waals surface area contributed by atoms with Crippen molar-refractivity contribution in [2.75, 3.05) is 5.73 Å². The zero-order valence-electron chi connectivity index (χ0n) is 13.8. The summed E-state index contributed by atoms with van der Waals surface area (Å²) in [5.41, 5.74) is 11.2. The number of hydrogen-bond donors (Lipinski definition) is 1. The molecule has 3 aromatic rings. The molecule has 0 bridgehead atoms. The van der Waals surface area contributed by atoms with Crippen LogP contribution in [0.1, 0.15) is 35.9 Å². The second kappa shape index (κ2) is 5.93. The highest BCUT2D eigenvalue weighted by molar-refractivity contribution is 6.05.